The molecule has 2 saturated heterocycles. The number of aliphatic carboxylic acids is 1. The Kier molecular flexibility index (Phi) is 2.72. The number of hydrogen-bond acceptors (Lipinski definition) is 4. The highest BCUT2D eigenvalue weighted by Gasteiger charge is 2.44. The molecule has 0 amide bonds. The summed E-state index contributed by atoms with van der Waals surface area (Å²) in [4.78, 5) is 10.8. The van der Waals surface area contributed by atoms with Crippen LogP contribution in [0, 0.1) is 0 Å². The summed E-state index contributed by atoms with van der Waals surface area (Å²) < 4.78 is 5.46. The van der Waals surface area contributed by atoms with Crippen molar-refractivity contribution in [1.29, 1.82) is 0 Å². The zero-order valence-corrected chi connectivity index (χ0v) is 8.97. The second-order valence-corrected chi connectivity index (χ2v) is 5.38. The van der Waals surface area contributed by atoms with Gasteiger partial charge in [-0.15, -0.1) is 11.8 Å². The Labute approximate surface area is 87.4 Å². The molecule has 2 unspecified atom stereocenters. The topological polar surface area (TPSA) is 58.6 Å². The number of carboxylic acids is 1. The lowest BCUT2D eigenvalue weighted by Crippen LogP contribution is -2.49. The van der Waals surface area contributed by atoms with Crippen molar-refractivity contribution in [3.63, 3.8) is 0 Å². The van der Waals surface area contributed by atoms with Crippen molar-refractivity contribution < 1.29 is 14.6 Å². The molecule has 0 aromatic carbocycles. The number of hydrogen-bond donors (Lipinski definition) is 2. The van der Waals surface area contributed by atoms with Gasteiger partial charge in [-0.1, -0.05) is 0 Å². The quantitative estimate of drug-likeness (QED) is 0.676. The lowest BCUT2D eigenvalue weighted by molar-refractivity contribution is -0.139. The molecule has 3 atom stereocenters. The molecule has 1 spiro atoms. The summed E-state index contributed by atoms with van der Waals surface area (Å²) in [7, 11) is 0. The van der Waals surface area contributed by atoms with Gasteiger partial charge in [0.1, 0.15) is 6.04 Å². The van der Waals surface area contributed by atoms with Crippen LogP contribution in [0.4, 0.5) is 0 Å². The Morgan fingerprint density at radius 3 is 3.07 bits per heavy atom. The fourth-order valence-electron chi connectivity index (χ4n) is 2.09. The first kappa shape index (κ1) is 10.3. The Hall–Kier alpha value is -0.260. The Morgan fingerprint density at radius 2 is 2.50 bits per heavy atom. The molecular formula is C9H15NO3S. The van der Waals surface area contributed by atoms with E-state index in [1.807, 2.05) is 6.92 Å². The normalized spacial score (nSPS) is 42.9. The largest absolute Gasteiger partial charge is 0.480 e. The summed E-state index contributed by atoms with van der Waals surface area (Å²) in [6, 6.07) is -0.384. The van der Waals surface area contributed by atoms with Gasteiger partial charge in [0, 0.05) is 18.8 Å². The van der Waals surface area contributed by atoms with Gasteiger partial charge in [0.15, 0.2) is 0 Å². The van der Waals surface area contributed by atoms with Gasteiger partial charge >= 0.3 is 5.97 Å². The number of carboxylic acid groups (broad SMARTS) is 1. The highest BCUT2D eigenvalue weighted by atomic mass is 32.2. The zero-order chi connectivity index (χ0) is 10.2. The van der Waals surface area contributed by atoms with Gasteiger partial charge in [0.25, 0.3) is 0 Å². The van der Waals surface area contributed by atoms with E-state index in [4.69, 9.17) is 9.84 Å². The van der Waals surface area contributed by atoms with E-state index < -0.39 is 5.97 Å². The van der Waals surface area contributed by atoms with E-state index in [2.05, 4.69) is 5.32 Å². The van der Waals surface area contributed by atoms with Crippen LogP contribution >= 0.6 is 11.8 Å². The van der Waals surface area contributed by atoms with Crippen LogP contribution in [0.2, 0.25) is 0 Å². The van der Waals surface area contributed by atoms with E-state index in [1.54, 1.807) is 11.8 Å². The molecule has 2 rings (SSSR count). The summed E-state index contributed by atoms with van der Waals surface area (Å²) in [5.74, 6) is -0.0734. The Morgan fingerprint density at radius 1 is 1.71 bits per heavy atom. The van der Waals surface area contributed by atoms with Crippen LogP contribution < -0.4 is 5.32 Å². The average Bonchev–Trinajstić information content (AvgIpc) is 2.49. The van der Waals surface area contributed by atoms with Crippen molar-refractivity contribution in [2.45, 2.75) is 36.8 Å². The molecule has 0 aliphatic carbocycles. The summed E-state index contributed by atoms with van der Waals surface area (Å²) in [5.41, 5.74) is 0. The molecule has 0 radical (unpaired) electrons. The monoisotopic (exact) mass is 217 g/mol. The molecule has 14 heavy (non-hydrogen) atoms. The van der Waals surface area contributed by atoms with Crippen LogP contribution in [0.25, 0.3) is 0 Å². The summed E-state index contributed by atoms with van der Waals surface area (Å²) in [6.45, 7) is 2.77. The maximum Gasteiger partial charge on any atom is 0.321 e. The molecule has 0 saturated carbocycles. The molecular weight excluding hydrogens is 202 g/mol. The third-order valence-electron chi connectivity index (χ3n) is 2.79. The van der Waals surface area contributed by atoms with E-state index in [-0.39, 0.29) is 17.0 Å². The fourth-order valence-corrected chi connectivity index (χ4v) is 3.61. The van der Waals surface area contributed by atoms with E-state index >= 15 is 0 Å². The molecule has 2 aliphatic heterocycles. The van der Waals surface area contributed by atoms with Crippen molar-refractivity contribution in [3.8, 4) is 0 Å². The molecule has 2 fully saturated rings. The maximum atomic E-state index is 10.8. The van der Waals surface area contributed by atoms with Crippen molar-refractivity contribution in [1.82, 2.24) is 5.32 Å². The van der Waals surface area contributed by atoms with Crippen LogP contribution in [0.15, 0.2) is 0 Å². The molecule has 2 aliphatic rings. The third kappa shape index (κ3) is 1.89. The van der Waals surface area contributed by atoms with Crippen molar-refractivity contribution in [3.05, 3.63) is 0 Å². The van der Waals surface area contributed by atoms with Crippen molar-refractivity contribution >= 4 is 17.7 Å². The third-order valence-corrected chi connectivity index (χ3v) is 4.33. The summed E-state index contributed by atoms with van der Waals surface area (Å²) in [6.07, 6.45) is 2.05. The van der Waals surface area contributed by atoms with E-state index in [1.165, 1.54) is 0 Å². The van der Waals surface area contributed by atoms with E-state index in [9.17, 15) is 4.79 Å². The van der Waals surface area contributed by atoms with Gasteiger partial charge in [-0.05, 0) is 13.3 Å². The number of nitrogens with one attached hydrogen (secondary N) is 1. The van der Waals surface area contributed by atoms with Gasteiger partial charge in [-0.2, -0.15) is 0 Å². The van der Waals surface area contributed by atoms with Crippen molar-refractivity contribution in [2.75, 3.05) is 12.4 Å². The van der Waals surface area contributed by atoms with Crippen molar-refractivity contribution in [2.24, 2.45) is 0 Å². The maximum absolute atomic E-state index is 10.8. The van der Waals surface area contributed by atoms with Gasteiger partial charge < -0.3 is 9.84 Å². The summed E-state index contributed by atoms with van der Waals surface area (Å²) >= 11 is 1.73. The molecule has 0 aromatic rings. The second kappa shape index (κ2) is 3.72. The molecule has 0 aromatic heterocycles. The lowest BCUT2D eigenvalue weighted by Gasteiger charge is -2.36. The summed E-state index contributed by atoms with van der Waals surface area (Å²) in [5, 5.41) is 12.1. The predicted octanol–water partition coefficient (Wildman–Crippen LogP) is 0.671. The van der Waals surface area contributed by atoms with Crippen LogP contribution in [-0.4, -0.2) is 40.5 Å². The molecule has 2 heterocycles. The second-order valence-electron chi connectivity index (χ2n) is 3.98. The van der Waals surface area contributed by atoms with Gasteiger partial charge in [-0.3, -0.25) is 10.1 Å². The minimum absolute atomic E-state index is 0.0409. The Balaban J connectivity index is 2.01. The first-order valence-corrected chi connectivity index (χ1v) is 5.86. The van der Waals surface area contributed by atoms with E-state index in [0.717, 1.165) is 19.4 Å². The Bertz CT molecular complexity index is 248. The van der Waals surface area contributed by atoms with Crippen LogP contribution in [0.3, 0.4) is 0 Å². The standard InChI is InChI=1S/C9H15NO3S/c1-6-4-9(2-3-13-6)10-7(5-14-9)8(11)12/h6-7,10H,2-5H2,1H3,(H,11,12)/t6?,7-,9?/m1/s1. The smallest absolute Gasteiger partial charge is 0.321 e. The lowest BCUT2D eigenvalue weighted by atomic mass is 10.0. The van der Waals surface area contributed by atoms with Gasteiger partial charge in [0.2, 0.25) is 0 Å². The minimum atomic E-state index is -0.742. The average molecular weight is 217 g/mol. The first-order valence-electron chi connectivity index (χ1n) is 4.87. The van der Waals surface area contributed by atoms with Crippen LogP contribution in [-0.2, 0) is 9.53 Å². The zero-order valence-electron chi connectivity index (χ0n) is 8.16. The SMILES string of the molecule is CC1CC2(CCO1)N[C@@H](C(=O)O)CS2. The molecule has 5 heteroatoms. The number of carbonyl (C=O) groups is 1. The molecule has 4 nitrogen and oxygen atoms in total. The van der Waals surface area contributed by atoms with E-state index in [0.29, 0.717) is 5.75 Å². The number of ether oxygens (including phenoxy) is 1. The molecule has 80 valence electrons. The predicted molar refractivity (Wildman–Crippen MR) is 54.4 cm³/mol. The number of rotatable bonds is 1. The molecule has 0 bridgehead atoms. The number of thioether (sulfide) groups is 1. The van der Waals surface area contributed by atoms with Crippen LogP contribution in [0.1, 0.15) is 19.8 Å². The first-order chi connectivity index (χ1) is 6.61. The minimum Gasteiger partial charge on any atom is -0.480 e. The fraction of sp³-hybridized carbons (Fsp3) is 0.889. The van der Waals surface area contributed by atoms with Crippen LogP contribution in [0.5, 0.6) is 0 Å². The highest BCUT2D eigenvalue weighted by molar-refractivity contribution is 8.01. The van der Waals surface area contributed by atoms with Gasteiger partial charge in [0.05, 0.1) is 11.0 Å². The molecule has 2 N–H and O–H groups in total. The van der Waals surface area contributed by atoms with Gasteiger partial charge in [-0.25, -0.2) is 0 Å². The highest BCUT2D eigenvalue weighted by Crippen LogP contribution is 2.40.